The van der Waals surface area contributed by atoms with Crippen LogP contribution in [-0.2, 0) is 4.79 Å². The number of hydrogen-bond acceptors (Lipinski definition) is 4. The second-order valence-electron chi connectivity index (χ2n) is 4.61. The maximum atomic E-state index is 12.5. The van der Waals surface area contributed by atoms with Gasteiger partial charge in [0.05, 0.1) is 16.3 Å². The van der Waals surface area contributed by atoms with E-state index in [1.54, 1.807) is 17.2 Å². The van der Waals surface area contributed by atoms with Crippen LogP contribution in [0.1, 0.15) is 11.3 Å². The molecule has 2 heterocycles. The summed E-state index contributed by atoms with van der Waals surface area (Å²) in [5.41, 5.74) is 2.70. The number of aromatic nitrogens is 1. The number of aryl methyl sites for hydroxylation is 1. The van der Waals surface area contributed by atoms with Crippen LogP contribution in [0.5, 0.6) is 0 Å². The third-order valence-electron chi connectivity index (χ3n) is 3.05. The number of thioether (sulfide) groups is 1. The number of pyridine rings is 1. The highest BCUT2D eigenvalue weighted by atomic mass is 32.2. The van der Waals surface area contributed by atoms with Gasteiger partial charge in [-0.3, -0.25) is 14.7 Å². The van der Waals surface area contributed by atoms with Gasteiger partial charge < -0.3 is 0 Å². The summed E-state index contributed by atoms with van der Waals surface area (Å²) in [4.78, 5) is 18.9. The molecule has 1 aromatic carbocycles. The minimum absolute atomic E-state index is 0.0977. The second-order valence-corrected chi connectivity index (χ2v) is 6.28. The van der Waals surface area contributed by atoms with Crippen molar-refractivity contribution in [2.45, 2.75) is 6.92 Å². The molecule has 21 heavy (non-hydrogen) atoms. The Morgan fingerprint density at radius 2 is 1.95 bits per heavy atom. The summed E-state index contributed by atoms with van der Waals surface area (Å²) in [5.74, 6) is -0.0977. The van der Waals surface area contributed by atoms with Crippen LogP contribution < -0.4 is 4.90 Å². The van der Waals surface area contributed by atoms with Crippen molar-refractivity contribution in [3.05, 3.63) is 64.8 Å². The number of nitrogens with zero attached hydrogens (tertiary/aromatic N) is 2. The molecule has 2 aromatic rings. The topological polar surface area (TPSA) is 33.2 Å². The number of rotatable bonds is 2. The van der Waals surface area contributed by atoms with Crippen LogP contribution in [0.4, 0.5) is 5.69 Å². The molecule has 1 fully saturated rings. The van der Waals surface area contributed by atoms with Crippen LogP contribution in [0.25, 0.3) is 6.08 Å². The first-order chi connectivity index (χ1) is 10.1. The molecule has 1 aliphatic heterocycles. The highest BCUT2D eigenvalue weighted by Crippen LogP contribution is 2.35. The molecule has 1 aromatic heterocycles. The molecule has 1 aliphatic rings. The highest BCUT2D eigenvalue weighted by Gasteiger charge is 2.33. The molecule has 5 heteroatoms. The average Bonchev–Trinajstić information content (AvgIpc) is 2.76. The molecule has 0 spiro atoms. The highest BCUT2D eigenvalue weighted by molar-refractivity contribution is 8.27. The maximum absolute atomic E-state index is 12.5. The molecule has 3 rings (SSSR count). The van der Waals surface area contributed by atoms with Crippen molar-refractivity contribution < 1.29 is 4.79 Å². The summed E-state index contributed by atoms with van der Waals surface area (Å²) in [6.07, 6.45) is 3.47. The van der Waals surface area contributed by atoms with Crippen molar-refractivity contribution in [3.8, 4) is 0 Å². The Balaban J connectivity index is 1.92. The van der Waals surface area contributed by atoms with Gasteiger partial charge in [-0.25, -0.2) is 0 Å². The van der Waals surface area contributed by atoms with E-state index in [0.29, 0.717) is 9.23 Å². The van der Waals surface area contributed by atoms with Crippen LogP contribution >= 0.6 is 24.0 Å². The summed E-state index contributed by atoms with van der Waals surface area (Å²) in [5, 5.41) is 0. The third kappa shape index (κ3) is 2.89. The van der Waals surface area contributed by atoms with Crippen LogP contribution in [0, 0.1) is 6.92 Å². The Hall–Kier alpha value is -1.98. The lowest BCUT2D eigenvalue weighted by atomic mass is 10.2. The Labute approximate surface area is 132 Å². The normalized spacial score (nSPS) is 16.8. The average molecular weight is 312 g/mol. The van der Waals surface area contributed by atoms with Crippen molar-refractivity contribution in [1.82, 2.24) is 4.98 Å². The van der Waals surface area contributed by atoms with E-state index in [9.17, 15) is 4.79 Å². The lowest BCUT2D eigenvalue weighted by Gasteiger charge is -2.14. The zero-order valence-electron chi connectivity index (χ0n) is 11.3. The first-order valence-corrected chi connectivity index (χ1v) is 7.63. The van der Waals surface area contributed by atoms with Crippen LogP contribution in [0.2, 0.25) is 0 Å². The monoisotopic (exact) mass is 312 g/mol. The lowest BCUT2D eigenvalue weighted by molar-refractivity contribution is -0.113. The van der Waals surface area contributed by atoms with Crippen LogP contribution in [-0.4, -0.2) is 15.2 Å². The van der Waals surface area contributed by atoms with Gasteiger partial charge in [0, 0.05) is 6.20 Å². The predicted octanol–water partition coefficient (Wildman–Crippen LogP) is 3.80. The Morgan fingerprint density at radius 1 is 1.19 bits per heavy atom. The molecule has 0 unspecified atom stereocenters. The number of benzene rings is 1. The second kappa shape index (κ2) is 5.79. The molecule has 0 aliphatic carbocycles. The van der Waals surface area contributed by atoms with Gasteiger partial charge in [0.25, 0.3) is 5.91 Å². The third-order valence-corrected chi connectivity index (χ3v) is 4.35. The van der Waals surface area contributed by atoms with Crippen molar-refractivity contribution in [2.75, 3.05) is 4.90 Å². The van der Waals surface area contributed by atoms with Crippen molar-refractivity contribution >= 4 is 46.0 Å². The molecular weight excluding hydrogens is 300 g/mol. The molecule has 3 nitrogen and oxygen atoms in total. The van der Waals surface area contributed by atoms with E-state index in [1.807, 2.05) is 49.4 Å². The number of carbonyl (C=O) groups excluding carboxylic acids is 1. The van der Waals surface area contributed by atoms with Crippen molar-refractivity contribution in [2.24, 2.45) is 0 Å². The van der Waals surface area contributed by atoms with Crippen molar-refractivity contribution in [1.29, 1.82) is 0 Å². The Morgan fingerprint density at radius 3 is 2.62 bits per heavy atom. The molecule has 0 radical (unpaired) electrons. The van der Waals surface area contributed by atoms with E-state index in [0.717, 1.165) is 16.9 Å². The first kappa shape index (κ1) is 14.0. The maximum Gasteiger partial charge on any atom is 0.270 e. The zero-order chi connectivity index (χ0) is 14.8. The fourth-order valence-electron chi connectivity index (χ4n) is 1.98. The van der Waals surface area contributed by atoms with E-state index < -0.39 is 0 Å². The van der Waals surface area contributed by atoms with E-state index in [4.69, 9.17) is 12.2 Å². The summed E-state index contributed by atoms with van der Waals surface area (Å²) in [7, 11) is 0. The number of anilines is 1. The van der Waals surface area contributed by atoms with Gasteiger partial charge in [0.15, 0.2) is 4.32 Å². The summed E-state index contributed by atoms with van der Waals surface area (Å²) in [6, 6.07) is 13.3. The number of thiocarbonyl (C=S) groups is 1. The summed E-state index contributed by atoms with van der Waals surface area (Å²) >= 11 is 6.64. The molecule has 104 valence electrons. The van der Waals surface area contributed by atoms with Gasteiger partial charge >= 0.3 is 0 Å². The smallest absolute Gasteiger partial charge is 0.268 e. The van der Waals surface area contributed by atoms with E-state index >= 15 is 0 Å². The quantitative estimate of drug-likeness (QED) is 0.624. The van der Waals surface area contributed by atoms with Crippen LogP contribution in [0.15, 0.2) is 53.6 Å². The van der Waals surface area contributed by atoms with Gasteiger partial charge in [-0.05, 0) is 37.3 Å². The van der Waals surface area contributed by atoms with Gasteiger partial charge in [-0.2, -0.15) is 0 Å². The Kier molecular flexibility index (Phi) is 3.86. The SMILES string of the molecule is Cc1ccc(N2C(=O)/C(=C\c3ccccn3)SC2=S)cc1. The minimum atomic E-state index is -0.0977. The van der Waals surface area contributed by atoms with Gasteiger partial charge in [0.1, 0.15) is 0 Å². The number of carbonyl (C=O) groups is 1. The van der Waals surface area contributed by atoms with Crippen LogP contribution in [0.3, 0.4) is 0 Å². The fraction of sp³-hybridized carbons (Fsp3) is 0.0625. The molecule has 1 amide bonds. The first-order valence-electron chi connectivity index (χ1n) is 6.41. The van der Waals surface area contributed by atoms with Gasteiger partial charge in [-0.1, -0.05) is 47.7 Å². The summed E-state index contributed by atoms with van der Waals surface area (Å²) < 4.78 is 0.547. The van der Waals surface area contributed by atoms with Gasteiger partial charge in [-0.15, -0.1) is 0 Å². The number of hydrogen-bond donors (Lipinski definition) is 0. The molecule has 1 saturated heterocycles. The Bertz CT molecular complexity index is 724. The van der Waals surface area contributed by atoms with Gasteiger partial charge in [0.2, 0.25) is 0 Å². The minimum Gasteiger partial charge on any atom is -0.268 e. The molecular formula is C16H12N2OS2. The molecule has 0 N–H and O–H groups in total. The predicted molar refractivity (Wildman–Crippen MR) is 91.1 cm³/mol. The molecule has 0 bridgehead atoms. The summed E-state index contributed by atoms with van der Waals surface area (Å²) in [6.45, 7) is 2.01. The largest absolute Gasteiger partial charge is 0.270 e. The number of amides is 1. The van der Waals surface area contributed by atoms with E-state index in [1.165, 1.54) is 11.8 Å². The zero-order valence-corrected chi connectivity index (χ0v) is 12.9. The van der Waals surface area contributed by atoms with E-state index in [-0.39, 0.29) is 5.91 Å². The van der Waals surface area contributed by atoms with Crippen molar-refractivity contribution in [3.63, 3.8) is 0 Å². The molecule has 0 saturated carbocycles. The standard InChI is InChI=1S/C16H12N2OS2/c1-11-5-7-13(8-6-11)18-15(19)14(21-16(18)20)10-12-4-2-3-9-17-12/h2-10H,1H3/b14-10+. The lowest BCUT2D eigenvalue weighted by Crippen LogP contribution is -2.27. The molecule has 0 atom stereocenters. The van der Waals surface area contributed by atoms with E-state index in [2.05, 4.69) is 4.98 Å². The fourth-order valence-corrected chi connectivity index (χ4v) is 3.26.